The minimum Gasteiger partial charge on any atom is -0.383 e. The molecular weight excluding hydrogens is 230 g/mol. The topological polar surface area (TPSA) is 64.9 Å². The summed E-state index contributed by atoms with van der Waals surface area (Å²) < 4.78 is 6.75. The normalized spacial score (nSPS) is 12.4. The van der Waals surface area contributed by atoms with Crippen molar-refractivity contribution in [3.8, 4) is 11.4 Å². The largest absolute Gasteiger partial charge is 0.383 e. The molecule has 0 bridgehead atoms. The van der Waals surface area contributed by atoms with Gasteiger partial charge in [-0.15, -0.1) is 5.10 Å². The Morgan fingerprint density at radius 2 is 2.28 bits per heavy atom. The van der Waals surface area contributed by atoms with Gasteiger partial charge in [-0.25, -0.2) is 4.68 Å². The summed E-state index contributed by atoms with van der Waals surface area (Å²) in [6.07, 6.45) is 0. The van der Waals surface area contributed by atoms with Crippen LogP contribution >= 0.6 is 0 Å². The average molecular weight is 247 g/mol. The number of aryl methyl sites for hydroxylation is 1. The monoisotopic (exact) mass is 247 g/mol. The first-order valence-corrected chi connectivity index (χ1v) is 5.79. The molecule has 0 spiro atoms. The second-order valence-electron chi connectivity index (χ2n) is 4.21. The van der Waals surface area contributed by atoms with Crippen LogP contribution < -0.4 is 5.32 Å². The van der Waals surface area contributed by atoms with Crippen molar-refractivity contribution in [1.29, 1.82) is 0 Å². The van der Waals surface area contributed by atoms with Gasteiger partial charge in [0.2, 0.25) is 0 Å². The van der Waals surface area contributed by atoms with Crippen LogP contribution in [0.25, 0.3) is 11.4 Å². The molecule has 1 unspecified atom stereocenters. The van der Waals surface area contributed by atoms with E-state index in [4.69, 9.17) is 4.74 Å². The van der Waals surface area contributed by atoms with Gasteiger partial charge in [-0.3, -0.25) is 0 Å². The number of ether oxygens (including phenoxy) is 1. The fraction of sp³-hybridized carbons (Fsp3) is 0.417. The van der Waals surface area contributed by atoms with Gasteiger partial charge < -0.3 is 10.1 Å². The van der Waals surface area contributed by atoms with Crippen molar-refractivity contribution in [2.75, 3.05) is 19.0 Å². The number of tetrazole rings is 1. The van der Waals surface area contributed by atoms with Crippen LogP contribution in [0.15, 0.2) is 24.3 Å². The van der Waals surface area contributed by atoms with Crippen LogP contribution in [0.4, 0.5) is 5.69 Å². The van der Waals surface area contributed by atoms with Crippen molar-refractivity contribution < 1.29 is 4.74 Å². The summed E-state index contributed by atoms with van der Waals surface area (Å²) in [7, 11) is 3.52. The lowest BCUT2D eigenvalue weighted by molar-refractivity contribution is 0.190. The number of anilines is 1. The van der Waals surface area contributed by atoms with Gasteiger partial charge in [-0.05, 0) is 29.5 Å². The molecule has 2 aromatic rings. The van der Waals surface area contributed by atoms with Crippen LogP contribution in [0, 0.1) is 0 Å². The highest BCUT2D eigenvalue weighted by Crippen LogP contribution is 2.19. The number of nitrogens with zero attached hydrogens (tertiary/aromatic N) is 4. The smallest absolute Gasteiger partial charge is 0.181 e. The Morgan fingerprint density at radius 1 is 1.44 bits per heavy atom. The maximum absolute atomic E-state index is 5.10. The van der Waals surface area contributed by atoms with E-state index in [1.54, 1.807) is 11.8 Å². The fourth-order valence-corrected chi connectivity index (χ4v) is 1.80. The van der Waals surface area contributed by atoms with E-state index >= 15 is 0 Å². The number of hydrogen-bond donors (Lipinski definition) is 1. The van der Waals surface area contributed by atoms with E-state index < -0.39 is 0 Å². The summed E-state index contributed by atoms with van der Waals surface area (Å²) in [5.74, 6) is 0.748. The zero-order chi connectivity index (χ0) is 13.0. The van der Waals surface area contributed by atoms with Crippen molar-refractivity contribution in [3.63, 3.8) is 0 Å². The van der Waals surface area contributed by atoms with Crippen molar-refractivity contribution in [3.05, 3.63) is 24.3 Å². The van der Waals surface area contributed by atoms with E-state index in [9.17, 15) is 0 Å². The molecule has 1 N–H and O–H groups in total. The van der Waals surface area contributed by atoms with Crippen molar-refractivity contribution in [2.45, 2.75) is 13.0 Å². The lowest BCUT2D eigenvalue weighted by Crippen LogP contribution is -2.20. The Labute approximate surface area is 106 Å². The molecule has 96 valence electrons. The van der Waals surface area contributed by atoms with Gasteiger partial charge in [-0.1, -0.05) is 12.1 Å². The molecule has 18 heavy (non-hydrogen) atoms. The van der Waals surface area contributed by atoms with Gasteiger partial charge >= 0.3 is 0 Å². The minimum atomic E-state index is 0.253. The number of methoxy groups -OCH3 is 1. The summed E-state index contributed by atoms with van der Waals surface area (Å²) in [6, 6.07) is 8.25. The molecular formula is C12H17N5O. The van der Waals surface area contributed by atoms with Gasteiger partial charge in [0.1, 0.15) is 0 Å². The molecule has 1 atom stereocenters. The third kappa shape index (κ3) is 2.84. The van der Waals surface area contributed by atoms with Crippen LogP contribution in [-0.2, 0) is 11.8 Å². The van der Waals surface area contributed by atoms with Gasteiger partial charge in [0, 0.05) is 31.5 Å². The van der Waals surface area contributed by atoms with Gasteiger partial charge in [0.25, 0.3) is 0 Å². The van der Waals surface area contributed by atoms with E-state index in [-0.39, 0.29) is 6.04 Å². The van der Waals surface area contributed by atoms with E-state index in [0.717, 1.165) is 17.1 Å². The summed E-state index contributed by atoms with van der Waals surface area (Å²) in [6.45, 7) is 2.73. The van der Waals surface area contributed by atoms with Gasteiger partial charge in [-0.2, -0.15) is 0 Å². The summed E-state index contributed by atoms with van der Waals surface area (Å²) in [5, 5.41) is 14.8. The predicted octanol–water partition coefficient (Wildman–Crippen LogP) is 1.32. The quantitative estimate of drug-likeness (QED) is 0.863. The SMILES string of the molecule is COCC(C)Nc1cccc(-c2nnnn2C)c1. The Hall–Kier alpha value is -1.95. The molecule has 0 radical (unpaired) electrons. The Kier molecular flexibility index (Phi) is 3.88. The zero-order valence-corrected chi connectivity index (χ0v) is 10.8. The summed E-state index contributed by atoms with van der Waals surface area (Å²) >= 11 is 0. The van der Waals surface area contributed by atoms with Crippen LogP contribution in [0.2, 0.25) is 0 Å². The molecule has 1 aromatic heterocycles. The molecule has 6 heteroatoms. The third-order valence-electron chi connectivity index (χ3n) is 2.57. The second kappa shape index (κ2) is 5.59. The van der Waals surface area contributed by atoms with Crippen LogP contribution in [0.1, 0.15) is 6.92 Å². The molecule has 6 nitrogen and oxygen atoms in total. The molecule has 0 saturated carbocycles. The number of hydrogen-bond acceptors (Lipinski definition) is 5. The fourth-order valence-electron chi connectivity index (χ4n) is 1.80. The minimum absolute atomic E-state index is 0.253. The third-order valence-corrected chi connectivity index (χ3v) is 2.57. The summed E-state index contributed by atoms with van der Waals surface area (Å²) in [4.78, 5) is 0. The van der Waals surface area contributed by atoms with Crippen LogP contribution in [0.5, 0.6) is 0 Å². The lowest BCUT2D eigenvalue weighted by Gasteiger charge is -2.14. The van der Waals surface area contributed by atoms with E-state index in [0.29, 0.717) is 6.61 Å². The first-order chi connectivity index (χ1) is 8.70. The molecule has 1 aromatic carbocycles. The Morgan fingerprint density at radius 3 is 2.94 bits per heavy atom. The molecule has 0 saturated heterocycles. The van der Waals surface area contributed by atoms with E-state index in [1.165, 1.54) is 0 Å². The van der Waals surface area contributed by atoms with Gasteiger partial charge in [0.15, 0.2) is 5.82 Å². The van der Waals surface area contributed by atoms with Crippen LogP contribution in [-0.4, -0.2) is 40.0 Å². The predicted molar refractivity (Wildman–Crippen MR) is 69.2 cm³/mol. The highest BCUT2D eigenvalue weighted by atomic mass is 16.5. The van der Waals surface area contributed by atoms with Crippen molar-refractivity contribution in [2.24, 2.45) is 7.05 Å². The average Bonchev–Trinajstić information content (AvgIpc) is 2.76. The first-order valence-electron chi connectivity index (χ1n) is 5.79. The molecule has 2 rings (SSSR count). The molecule has 1 heterocycles. The Balaban J connectivity index is 2.18. The lowest BCUT2D eigenvalue weighted by atomic mass is 10.2. The second-order valence-corrected chi connectivity index (χ2v) is 4.21. The van der Waals surface area contributed by atoms with E-state index in [2.05, 4.69) is 27.8 Å². The maximum Gasteiger partial charge on any atom is 0.181 e. The highest BCUT2D eigenvalue weighted by molar-refractivity contribution is 5.62. The number of benzene rings is 1. The zero-order valence-electron chi connectivity index (χ0n) is 10.8. The molecule has 0 amide bonds. The van der Waals surface area contributed by atoms with Crippen molar-refractivity contribution >= 4 is 5.69 Å². The molecule has 0 aliphatic carbocycles. The standard InChI is InChI=1S/C12H17N5O/c1-9(8-18-3)13-11-6-4-5-10(7-11)12-14-15-16-17(12)2/h4-7,9,13H,8H2,1-3H3. The molecule has 0 aliphatic heterocycles. The summed E-state index contributed by atoms with van der Waals surface area (Å²) in [5.41, 5.74) is 2.01. The van der Waals surface area contributed by atoms with Crippen LogP contribution in [0.3, 0.4) is 0 Å². The first kappa shape index (κ1) is 12.5. The maximum atomic E-state index is 5.10. The Bertz CT molecular complexity index is 511. The number of aromatic nitrogens is 4. The van der Waals surface area contributed by atoms with E-state index in [1.807, 2.05) is 31.3 Å². The molecule has 0 aliphatic rings. The molecule has 0 fully saturated rings. The number of nitrogens with one attached hydrogen (secondary N) is 1. The number of rotatable bonds is 5. The van der Waals surface area contributed by atoms with Crippen molar-refractivity contribution in [1.82, 2.24) is 20.2 Å². The van der Waals surface area contributed by atoms with Gasteiger partial charge in [0.05, 0.1) is 6.61 Å². The highest BCUT2D eigenvalue weighted by Gasteiger charge is 2.07.